The summed E-state index contributed by atoms with van der Waals surface area (Å²) < 4.78 is 1.46. The van der Waals surface area contributed by atoms with Crippen LogP contribution in [0.2, 0.25) is 0 Å². The summed E-state index contributed by atoms with van der Waals surface area (Å²) in [5.41, 5.74) is 5.25. The van der Waals surface area contributed by atoms with Crippen molar-refractivity contribution < 1.29 is 49.0 Å². The predicted molar refractivity (Wildman–Crippen MR) is 248 cm³/mol. The van der Waals surface area contributed by atoms with Crippen LogP contribution in [0.1, 0.15) is 114 Å². The van der Waals surface area contributed by atoms with Gasteiger partial charge in [0.15, 0.2) is 0 Å². The molecule has 10 aliphatic carbocycles. The van der Waals surface area contributed by atoms with Crippen molar-refractivity contribution in [2.24, 2.45) is 78.8 Å². The van der Waals surface area contributed by atoms with Gasteiger partial charge in [0.2, 0.25) is 0 Å². The quantitative estimate of drug-likeness (QED) is 0.264. The van der Waals surface area contributed by atoms with E-state index in [0.29, 0.717) is 17.3 Å². The smallest absolute Gasteiger partial charge is 1.00 e. The third kappa shape index (κ3) is 6.07. The van der Waals surface area contributed by atoms with Crippen molar-refractivity contribution >= 4 is 14.0 Å². The summed E-state index contributed by atoms with van der Waals surface area (Å²) in [4.78, 5) is 0. The molecule has 2 aromatic carbocycles. The molecule has 9 atom stereocenters. The Hall–Kier alpha value is -2.05. The van der Waals surface area contributed by atoms with E-state index < -0.39 is 0 Å². The molecule has 0 aromatic heterocycles. The molecule has 322 valence electrons. The fourth-order valence-electron chi connectivity index (χ4n) is 16.2. The van der Waals surface area contributed by atoms with E-state index in [2.05, 4.69) is 210 Å². The van der Waals surface area contributed by atoms with Crippen LogP contribution in [0, 0.1) is 91.3 Å². The fraction of sp³-hybridized carbons (Fsp3) is 0.517. The largest absolute Gasteiger partial charge is 1.00 e. The van der Waals surface area contributed by atoms with Crippen LogP contribution in [0.25, 0.3) is 10.8 Å². The number of benzene rings is 2. The molecule has 9 unspecified atom stereocenters. The first-order valence-electron chi connectivity index (χ1n) is 23.1. The molecule has 0 N–H and O–H groups in total. The van der Waals surface area contributed by atoms with Gasteiger partial charge in [-0.25, -0.2) is 6.08 Å². The standard InChI is InChI=1S/C29H37.C17H23.C12H10.2ClH.Zr/c1-21-14-13-15-22-20-27(6)25(4)18-10-9-16-23(25,2)24(3)17-11-12-19-26(24,5)29(27,8)28(21,22)7;1-11-3-4-14(5-11)17(2)15-7-12-6-13(9-15)10-16(17)8-12;1-2-10-7-8-11-5-3-4-6-12(11)9-10;;;/h9-20,22H,1-8H3;4-5,11-13,15-16H,6-10H2,1-2H3;3-9H,1H3;2*1H;/q2*-1;;;;+2/p-2. The van der Waals surface area contributed by atoms with Crippen molar-refractivity contribution in [2.75, 3.05) is 0 Å². The summed E-state index contributed by atoms with van der Waals surface area (Å²) in [5, 5.41) is 2.66. The minimum absolute atomic E-state index is 0. The van der Waals surface area contributed by atoms with Gasteiger partial charge in [-0.1, -0.05) is 140 Å². The van der Waals surface area contributed by atoms with Gasteiger partial charge >= 0.3 is 93.2 Å². The second kappa shape index (κ2) is 15.8. The average molecular weight is 929 g/mol. The minimum Gasteiger partial charge on any atom is -1.00 e. The number of halogens is 2. The van der Waals surface area contributed by atoms with E-state index in [1.807, 2.05) is 0 Å². The summed E-state index contributed by atoms with van der Waals surface area (Å²) in [5.74, 6) is 5.14. The van der Waals surface area contributed by atoms with Crippen molar-refractivity contribution in [3.05, 3.63) is 151 Å². The maximum absolute atomic E-state index is 3.49. The van der Waals surface area contributed by atoms with E-state index in [0.717, 1.165) is 23.7 Å². The normalized spacial score (nSPS) is 45.7. The van der Waals surface area contributed by atoms with Crippen LogP contribution in [0.4, 0.5) is 0 Å². The zero-order chi connectivity index (χ0) is 42.0. The van der Waals surface area contributed by atoms with Gasteiger partial charge in [-0.3, -0.25) is 6.08 Å². The monoisotopic (exact) mass is 926 g/mol. The van der Waals surface area contributed by atoms with Crippen LogP contribution >= 0.6 is 0 Å². The third-order valence-corrected chi connectivity index (χ3v) is 21.3. The van der Waals surface area contributed by atoms with Gasteiger partial charge in [0, 0.05) is 10.8 Å². The number of fused-ring (bicyclic) bond motifs is 9. The van der Waals surface area contributed by atoms with E-state index in [9.17, 15) is 0 Å². The van der Waals surface area contributed by atoms with Crippen molar-refractivity contribution in [3.8, 4) is 0 Å². The van der Waals surface area contributed by atoms with Gasteiger partial charge < -0.3 is 31.2 Å². The topological polar surface area (TPSA) is 0 Å². The SMILES string of the molecule is CC1=CC=CC2[CH-]C3(C)C4(C)C=CC=CC4(C)C4(C)C=CC=CC4(C)C3(C)C12C.CC1[C-]=CC(C2(C)C3CC4CC(C3)CC2C4)=C1.C[C](=[Zr+2])c1ccc2ccccc2c1.[Cl-].[Cl-]. The minimum atomic E-state index is 0. The molecule has 0 spiro atoms. The first kappa shape index (κ1) is 46.9. The molecule has 0 saturated heterocycles. The maximum Gasteiger partial charge on any atom is -1.00 e. The molecule has 0 aliphatic heterocycles. The molecule has 4 bridgehead atoms. The molecule has 61 heavy (non-hydrogen) atoms. The Morgan fingerprint density at radius 3 is 1.79 bits per heavy atom. The molecule has 12 rings (SSSR count). The van der Waals surface area contributed by atoms with E-state index in [-0.39, 0.29) is 62.7 Å². The van der Waals surface area contributed by atoms with Crippen LogP contribution in [-0.2, 0) is 24.2 Å². The Bertz CT molecular complexity index is 2300. The molecule has 2 aromatic rings. The Labute approximate surface area is 397 Å². The molecule has 10 aliphatic rings. The molecule has 0 radical (unpaired) electrons. The first-order valence-corrected chi connectivity index (χ1v) is 24.4. The number of hydrogen-bond donors (Lipinski definition) is 0. The van der Waals surface area contributed by atoms with Gasteiger partial charge in [-0.15, -0.1) is 17.4 Å². The van der Waals surface area contributed by atoms with Crippen LogP contribution < -0.4 is 24.8 Å². The third-order valence-electron chi connectivity index (χ3n) is 20.6. The van der Waals surface area contributed by atoms with E-state index >= 15 is 0 Å². The van der Waals surface area contributed by atoms with Gasteiger partial charge in [0.25, 0.3) is 0 Å². The van der Waals surface area contributed by atoms with Crippen LogP contribution in [-0.4, -0.2) is 3.21 Å². The fourth-order valence-corrected chi connectivity index (χ4v) is 16.6. The van der Waals surface area contributed by atoms with Crippen molar-refractivity contribution in [2.45, 2.75) is 108 Å². The van der Waals surface area contributed by atoms with Gasteiger partial charge in [-0.2, -0.15) is 11.6 Å². The Morgan fingerprint density at radius 2 is 1.23 bits per heavy atom. The molecular formula is C58H70Cl2Zr-2. The number of allylic oxidation sites excluding steroid dienone is 16. The molecule has 6 fully saturated rings. The summed E-state index contributed by atoms with van der Waals surface area (Å²) in [6.07, 6.45) is 45.2. The Morgan fingerprint density at radius 1 is 0.689 bits per heavy atom. The molecule has 6 saturated carbocycles. The van der Waals surface area contributed by atoms with E-state index in [4.69, 9.17) is 0 Å². The number of hydrogen-bond acceptors (Lipinski definition) is 0. The van der Waals surface area contributed by atoms with Gasteiger partial charge in [-0.05, 0) is 84.4 Å². The summed E-state index contributed by atoms with van der Waals surface area (Å²) in [6, 6.07) is 15.1. The zero-order valence-electron chi connectivity index (χ0n) is 38.9. The van der Waals surface area contributed by atoms with Gasteiger partial charge in [0.1, 0.15) is 0 Å². The maximum atomic E-state index is 3.49. The van der Waals surface area contributed by atoms with E-state index in [1.165, 1.54) is 75.0 Å². The van der Waals surface area contributed by atoms with Gasteiger partial charge in [0.05, 0.1) is 0 Å². The van der Waals surface area contributed by atoms with Crippen LogP contribution in [0.3, 0.4) is 0 Å². The van der Waals surface area contributed by atoms with E-state index in [1.54, 1.807) is 12.0 Å². The summed E-state index contributed by atoms with van der Waals surface area (Å²) >= 11 is 1.50. The predicted octanol–water partition coefficient (Wildman–Crippen LogP) is 8.97. The van der Waals surface area contributed by atoms with Crippen molar-refractivity contribution in [3.63, 3.8) is 0 Å². The van der Waals surface area contributed by atoms with Crippen molar-refractivity contribution in [1.82, 2.24) is 0 Å². The second-order valence-corrected chi connectivity index (χ2v) is 24.0. The molecule has 0 amide bonds. The van der Waals surface area contributed by atoms with Crippen LogP contribution in [0.15, 0.2) is 133 Å². The molecular weight excluding hydrogens is 859 g/mol. The average Bonchev–Trinajstić information content (AvgIpc) is 3.74. The Kier molecular flexibility index (Phi) is 12.2. The zero-order valence-corrected chi connectivity index (χ0v) is 42.8. The number of rotatable bonds is 2. The first-order chi connectivity index (χ1) is 27.8. The summed E-state index contributed by atoms with van der Waals surface area (Å²) in [7, 11) is 0. The molecule has 0 heterocycles. The Balaban J connectivity index is 0.000000149. The van der Waals surface area contributed by atoms with Crippen LogP contribution in [0.5, 0.6) is 0 Å². The second-order valence-electron chi connectivity index (χ2n) is 22.2. The summed E-state index contributed by atoms with van der Waals surface area (Å²) in [6.45, 7) is 27.3. The van der Waals surface area contributed by atoms with Crippen molar-refractivity contribution in [1.29, 1.82) is 0 Å². The molecule has 3 heteroatoms. The molecule has 0 nitrogen and oxygen atoms in total.